The highest BCUT2D eigenvalue weighted by atomic mass is 15.1. The summed E-state index contributed by atoms with van der Waals surface area (Å²) < 4.78 is 2.22. The van der Waals surface area contributed by atoms with E-state index < -0.39 is 0 Å². The Morgan fingerprint density at radius 1 is 1.36 bits per heavy atom. The maximum absolute atomic E-state index is 4.32. The summed E-state index contributed by atoms with van der Waals surface area (Å²) in [5, 5.41) is 0. The lowest BCUT2D eigenvalue weighted by Crippen LogP contribution is -2.25. The van der Waals surface area contributed by atoms with Crippen molar-refractivity contribution in [2.75, 3.05) is 0 Å². The molecule has 2 aliphatic rings. The van der Waals surface area contributed by atoms with Crippen molar-refractivity contribution < 1.29 is 4.58 Å². The van der Waals surface area contributed by atoms with Crippen molar-refractivity contribution in [2.24, 2.45) is 10.4 Å². The molecule has 0 radical (unpaired) electrons. The lowest BCUT2D eigenvalue weighted by Gasteiger charge is -2.22. The number of amidine groups is 1. The summed E-state index contributed by atoms with van der Waals surface area (Å²) in [7, 11) is 0. The van der Waals surface area contributed by atoms with Gasteiger partial charge in [0.25, 0.3) is 5.84 Å². The smallest absolute Gasteiger partial charge is 0.221 e. The molecule has 0 N–H and O–H groups in total. The number of fused-ring (bicyclic) bond motifs is 1. The zero-order chi connectivity index (χ0) is 10.3. The van der Waals surface area contributed by atoms with Gasteiger partial charge in [-0.1, -0.05) is 31.8 Å². The van der Waals surface area contributed by atoms with E-state index in [-0.39, 0.29) is 5.41 Å². The van der Waals surface area contributed by atoms with Crippen molar-refractivity contribution >= 4 is 12.1 Å². The number of hydrogen-bond donors (Lipinski definition) is 0. The van der Waals surface area contributed by atoms with Crippen molar-refractivity contribution in [3.8, 4) is 0 Å². The van der Waals surface area contributed by atoms with Crippen LogP contribution in [0, 0.1) is 5.41 Å². The van der Waals surface area contributed by atoms with E-state index in [0.29, 0.717) is 6.04 Å². The molecule has 0 spiro atoms. The average molecular weight is 189 g/mol. The number of rotatable bonds is 0. The standard InChI is InChI=1S/C12H17N2/c1-9-13-7-11-6-5-10(8-14(9)11)12(2,3)4/h5-8,11H,1-4H3/q+1. The Kier molecular flexibility index (Phi) is 1.95. The third kappa shape index (κ3) is 1.45. The summed E-state index contributed by atoms with van der Waals surface area (Å²) in [6.07, 6.45) is 8.63. The predicted molar refractivity (Wildman–Crippen MR) is 59.9 cm³/mol. The van der Waals surface area contributed by atoms with E-state index in [1.807, 2.05) is 13.1 Å². The van der Waals surface area contributed by atoms with Crippen molar-refractivity contribution in [2.45, 2.75) is 33.7 Å². The van der Waals surface area contributed by atoms with Crippen LogP contribution < -0.4 is 0 Å². The van der Waals surface area contributed by atoms with Gasteiger partial charge < -0.3 is 0 Å². The Balaban J connectivity index is 2.40. The van der Waals surface area contributed by atoms with Gasteiger partial charge in [-0.05, 0) is 17.1 Å². The summed E-state index contributed by atoms with van der Waals surface area (Å²) in [6.45, 7) is 8.74. The van der Waals surface area contributed by atoms with Crippen LogP contribution in [0.25, 0.3) is 0 Å². The first-order chi connectivity index (χ1) is 6.48. The molecule has 0 saturated carbocycles. The van der Waals surface area contributed by atoms with Gasteiger partial charge in [0.15, 0.2) is 12.3 Å². The van der Waals surface area contributed by atoms with Crippen molar-refractivity contribution in [1.29, 1.82) is 0 Å². The molecular weight excluding hydrogens is 172 g/mol. The van der Waals surface area contributed by atoms with Crippen LogP contribution in [-0.4, -0.2) is 22.7 Å². The highest BCUT2D eigenvalue weighted by Gasteiger charge is 2.28. The van der Waals surface area contributed by atoms with Crippen molar-refractivity contribution in [3.05, 3.63) is 23.9 Å². The van der Waals surface area contributed by atoms with E-state index in [9.17, 15) is 0 Å². The molecule has 2 heterocycles. The van der Waals surface area contributed by atoms with Crippen molar-refractivity contribution in [1.82, 2.24) is 0 Å². The summed E-state index contributed by atoms with van der Waals surface area (Å²) in [6, 6.07) is 0.348. The molecule has 0 bridgehead atoms. The van der Waals surface area contributed by atoms with E-state index in [4.69, 9.17) is 0 Å². The molecule has 2 heteroatoms. The van der Waals surface area contributed by atoms with Gasteiger partial charge in [-0.3, -0.25) is 0 Å². The molecule has 74 valence electrons. The molecule has 2 rings (SSSR count). The van der Waals surface area contributed by atoms with Gasteiger partial charge in [-0.2, -0.15) is 0 Å². The Hall–Kier alpha value is -1.18. The number of hydrogen-bond acceptors (Lipinski definition) is 1. The normalized spacial score (nSPS) is 25.4. The second-order valence-electron chi connectivity index (χ2n) is 4.92. The molecule has 2 nitrogen and oxygen atoms in total. The summed E-state index contributed by atoms with van der Waals surface area (Å²) in [5.41, 5.74) is 1.57. The largest absolute Gasteiger partial charge is 0.295 e. The molecule has 0 aromatic carbocycles. The average Bonchev–Trinajstić information content (AvgIpc) is 2.46. The Labute approximate surface area is 85.4 Å². The lowest BCUT2D eigenvalue weighted by molar-refractivity contribution is -0.466. The molecule has 0 aliphatic carbocycles. The van der Waals surface area contributed by atoms with Crippen LogP contribution in [0.4, 0.5) is 0 Å². The van der Waals surface area contributed by atoms with E-state index >= 15 is 0 Å². The Morgan fingerprint density at radius 2 is 2.07 bits per heavy atom. The molecule has 1 atom stereocenters. The third-order valence-corrected chi connectivity index (χ3v) is 2.73. The van der Waals surface area contributed by atoms with Crippen LogP contribution in [0.15, 0.2) is 28.9 Å². The topological polar surface area (TPSA) is 15.4 Å². The first-order valence-electron chi connectivity index (χ1n) is 5.05. The monoisotopic (exact) mass is 189 g/mol. The van der Waals surface area contributed by atoms with E-state index in [0.717, 1.165) is 5.84 Å². The Bertz CT molecular complexity index is 376. The maximum atomic E-state index is 4.32. The predicted octanol–water partition coefficient (Wildman–Crippen LogP) is 2.37. The highest BCUT2D eigenvalue weighted by molar-refractivity contribution is 5.90. The van der Waals surface area contributed by atoms with Crippen LogP contribution in [0.3, 0.4) is 0 Å². The third-order valence-electron chi connectivity index (χ3n) is 2.73. The zero-order valence-corrected chi connectivity index (χ0v) is 9.28. The minimum atomic E-state index is 0.213. The molecule has 0 amide bonds. The van der Waals surface area contributed by atoms with Crippen molar-refractivity contribution in [3.63, 3.8) is 0 Å². The van der Waals surface area contributed by atoms with Gasteiger partial charge >= 0.3 is 0 Å². The fourth-order valence-electron chi connectivity index (χ4n) is 1.70. The molecule has 0 fully saturated rings. The quantitative estimate of drug-likeness (QED) is 0.520. The summed E-state index contributed by atoms with van der Waals surface area (Å²) >= 11 is 0. The van der Waals surface area contributed by atoms with Crippen LogP contribution in [0.5, 0.6) is 0 Å². The second-order valence-corrected chi connectivity index (χ2v) is 4.92. The molecule has 0 aromatic heterocycles. The summed E-state index contributed by atoms with van der Waals surface area (Å²) in [5.74, 6) is 1.08. The minimum absolute atomic E-state index is 0.213. The fourth-order valence-corrected chi connectivity index (χ4v) is 1.70. The first-order valence-corrected chi connectivity index (χ1v) is 5.05. The van der Waals surface area contributed by atoms with Crippen LogP contribution in [-0.2, 0) is 0 Å². The molecule has 2 aliphatic heterocycles. The summed E-state index contributed by atoms with van der Waals surface area (Å²) in [4.78, 5) is 4.32. The SMILES string of the molecule is CC1=[N+]2C=C(C(C)(C)C)C=CC2C=N1. The van der Waals surface area contributed by atoms with Crippen LogP contribution in [0.2, 0.25) is 0 Å². The number of allylic oxidation sites excluding steroid dienone is 2. The second kappa shape index (κ2) is 2.91. The van der Waals surface area contributed by atoms with Crippen LogP contribution >= 0.6 is 0 Å². The maximum Gasteiger partial charge on any atom is 0.295 e. The van der Waals surface area contributed by atoms with Gasteiger partial charge in [0.2, 0.25) is 0 Å². The van der Waals surface area contributed by atoms with E-state index in [1.165, 1.54) is 5.57 Å². The molecular formula is C12H17N2+. The van der Waals surface area contributed by atoms with Gasteiger partial charge in [-0.15, -0.1) is 0 Å². The zero-order valence-electron chi connectivity index (χ0n) is 9.28. The highest BCUT2D eigenvalue weighted by Crippen LogP contribution is 2.29. The van der Waals surface area contributed by atoms with Crippen LogP contribution in [0.1, 0.15) is 27.7 Å². The number of aliphatic imine (C=N–C) groups is 1. The van der Waals surface area contributed by atoms with Gasteiger partial charge in [0.05, 0.1) is 6.20 Å². The lowest BCUT2D eigenvalue weighted by atomic mass is 9.85. The minimum Gasteiger partial charge on any atom is -0.221 e. The van der Waals surface area contributed by atoms with E-state index in [1.54, 1.807) is 0 Å². The van der Waals surface area contributed by atoms with Gasteiger partial charge in [-0.25, -0.2) is 4.58 Å². The molecule has 0 aromatic rings. The fraction of sp³-hybridized carbons (Fsp3) is 0.500. The molecule has 1 unspecified atom stereocenters. The molecule has 0 saturated heterocycles. The van der Waals surface area contributed by atoms with E-state index in [2.05, 4.69) is 48.7 Å². The Morgan fingerprint density at radius 3 is 2.71 bits per heavy atom. The van der Waals surface area contributed by atoms with Gasteiger partial charge in [0.1, 0.15) is 0 Å². The number of nitrogens with zero attached hydrogens (tertiary/aromatic N) is 2. The first kappa shape index (κ1) is 9.38. The molecule has 14 heavy (non-hydrogen) atoms. The van der Waals surface area contributed by atoms with Gasteiger partial charge in [0, 0.05) is 6.92 Å².